The Hall–Kier alpha value is -3.37. The first-order valence-electron chi connectivity index (χ1n) is 9.73. The van der Waals surface area contributed by atoms with Gasteiger partial charge in [0.05, 0.1) is 44.1 Å². The molecule has 0 bridgehead atoms. The molecule has 1 rings (SSSR count). The first-order valence-corrected chi connectivity index (χ1v) is 11.1. The highest BCUT2D eigenvalue weighted by molar-refractivity contribution is 7.85. The standard InChI is InChI=1S/C18H27N5O10S/c1-23(2,3)11(14(27)28)6-9-7-20-17(21-9)34(33)8-18(15(29)30,16(31)32)22-12(24)5-4-10(19)13(25)26/h7,10-11H,4-6,8,19H2,1-3H3,(H5-,20,21,22,24,25,26,27,28,29,30,31,32)/p+1. The predicted molar refractivity (Wildman–Crippen MR) is 114 cm³/mol. The molecule has 190 valence electrons. The van der Waals surface area contributed by atoms with E-state index >= 15 is 0 Å². The molecular weight excluding hydrogens is 478 g/mol. The Morgan fingerprint density at radius 3 is 2.12 bits per heavy atom. The summed E-state index contributed by atoms with van der Waals surface area (Å²) in [5.74, 6) is -8.74. The van der Waals surface area contributed by atoms with Crippen LogP contribution in [-0.4, -0.2) is 113 Å². The Kier molecular flexibility index (Phi) is 9.42. The molecule has 0 fully saturated rings. The lowest BCUT2D eigenvalue weighted by Crippen LogP contribution is -2.63. The van der Waals surface area contributed by atoms with Crippen molar-refractivity contribution in [1.29, 1.82) is 0 Å². The molecule has 0 aromatic carbocycles. The zero-order valence-corrected chi connectivity index (χ0v) is 19.5. The van der Waals surface area contributed by atoms with E-state index in [0.29, 0.717) is 0 Å². The van der Waals surface area contributed by atoms with Gasteiger partial charge in [-0.05, 0) is 6.42 Å². The Balaban J connectivity index is 3.08. The highest BCUT2D eigenvalue weighted by Gasteiger charge is 2.50. The van der Waals surface area contributed by atoms with Gasteiger partial charge in [0.15, 0.2) is 11.2 Å². The van der Waals surface area contributed by atoms with Gasteiger partial charge >= 0.3 is 23.9 Å². The normalized spacial score (nSPS) is 14.6. The zero-order valence-electron chi connectivity index (χ0n) is 18.7. The fourth-order valence-corrected chi connectivity index (χ4v) is 4.06. The van der Waals surface area contributed by atoms with Crippen LogP contribution >= 0.6 is 0 Å². The Morgan fingerprint density at radius 1 is 1.12 bits per heavy atom. The van der Waals surface area contributed by atoms with Crippen LogP contribution in [0, 0.1) is 0 Å². The van der Waals surface area contributed by atoms with Crippen LogP contribution in [-0.2, 0) is 41.2 Å². The van der Waals surface area contributed by atoms with Gasteiger partial charge in [0, 0.05) is 18.3 Å². The second-order valence-electron chi connectivity index (χ2n) is 8.43. The number of likely N-dealkylation sites (N-methyl/N-ethyl adjacent to an activating group) is 1. The molecule has 1 heterocycles. The van der Waals surface area contributed by atoms with E-state index < -0.39 is 76.8 Å². The van der Waals surface area contributed by atoms with Crippen molar-refractivity contribution in [2.45, 2.75) is 42.0 Å². The van der Waals surface area contributed by atoms with Gasteiger partial charge in [-0.3, -0.25) is 13.8 Å². The first kappa shape index (κ1) is 28.7. The van der Waals surface area contributed by atoms with E-state index in [-0.39, 0.29) is 21.8 Å². The number of nitrogens with one attached hydrogen (secondary N) is 2. The van der Waals surface area contributed by atoms with Crippen molar-refractivity contribution < 1.29 is 53.1 Å². The zero-order chi connectivity index (χ0) is 26.4. The van der Waals surface area contributed by atoms with E-state index in [1.807, 2.05) is 0 Å². The van der Waals surface area contributed by atoms with Gasteiger partial charge < -0.3 is 40.9 Å². The van der Waals surface area contributed by atoms with Crippen LogP contribution in [0.15, 0.2) is 11.4 Å². The van der Waals surface area contributed by atoms with Crippen LogP contribution in [0.25, 0.3) is 0 Å². The third-order valence-corrected chi connectivity index (χ3v) is 6.22. The quantitative estimate of drug-likeness (QED) is 0.102. The van der Waals surface area contributed by atoms with E-state index in [9.17, 15) is 43.5 Å². The molecule has 8 N–H and O–H groups in total. The fourth-order valence-electron chi connectivity index (χ4n) is 2.79. The lowest BCUT2D eigenvalue weighted by Gasteiger charge is -2.30. The molecule has 3 unspecified atom stereocenters. The van der Waals surface area contributed by atoms with Gasteiger partial charge in [-0.2, -0.15) is 0 Å². The number of aliphatic carboxylic acids is 4. The molecule has 34 heavy (non-hydrogen) atoms. The number of carboxylic acids is 4. The largest absolute Gasteiger partial charge is 0.480 e. The van der Waals surface area contributed by atoms with E-state index in [1.165, 1.54) is 6.20 Å². The number of amides is 1. The summed E-state index contributed by atoms with van der Waals surface area (Å²) in [6.45, 7) is 0. The summed E-state index contributed by atoms with van der Waals surface area (Å²) >= 11 is 0. The first-order chi connectivity index (χ1) is 15.5. The monoisotopic (exact) mass is 506 g/mol. The molecular formula is C18H28N5O10S+. The molecule has 16 heteroatoms. The molecule has 0 radical (unpaired) electrons. The lowest BCUT2D eigenvalue weighted by atomic mass is 10.0. The average molecular weight is 507 g/mol. The number of carbonyl (C=O) groups is 5. The number of hydrogen-bond donors (Lipinski definition) is 7. The van der Waals surface area contributed by atoms with E-state index in [2.05, 4.69) is 9.97 Å². The SMILES string of the molecule is C[N+](C)(C)C(Cc1cnc(S(=O)CC(NC(=O)CCC(N)C(=O)O)(C(=O)O)C(=O)O)[nH]1)C(=O)O. The minimum atomic E-state index is -3.01. The van der Waals surface area contributed by atoms with E-state index in [0.717, 1.165) is 0 Å². The van der Waals surface area contributed by atoms with Gasteiger partial charge in [0.1, 0.15) is 6.04 Å². The molecule has 3 atom stereocenters. The van der Waals surface area contributed by atoms with Crippen molar-refractivity contribution in [2.24, 2.45) is 5.73 Å². The molecule has 1 aromatic heterocycles. The summed E-state index contributed by atoms with van der Waals surface area (Å²) < 4.78 is 12.8. The molecule has 0 saturated heterocycles. The molecule has 1 amide bonds. The van der Waals surface area contributed by atoms with Crippen LogP contribution in [0.4, 0.5) is 0 Å². The van der Waals surface area contributed by atoms with E-state index in [1.54, 1.807) is 26.5 Å². The van der Waals surface area contributed by atoms with Crippen molar-refractivity contribution >= 4 is 40.6 Å². The Labute approximate surface area is 196 Å². The number of aromatic nitrogens is 2. The highest BCUT2D eigenvalue weighted by atomic mass is 32.2. The molecule has 15 nitrogen and oxygen atoms in total. The number of nitrogens with two attached hydrogens (primary N) is 1. The third kappa shape index (κ3) is 7.32. The summed E-state index contributed by atoms with van der Waals surface area (Å²) in [6, 6.07) is -2.32. The van der Waals surface area contributed by atoms with Crippen molar-refractivity contribution in [3.63, 3.8) is 0 Å². The number of carbonyl (C=O) groups excluding carboxylic acids is 1. The number of aromatic amines is 1. The van der Waals surface area contributed by atoms with Crippen molar-refractivity contribution in [3.05, 3.63) is 11.9 Å². The highest BCUT2D eigenvalue weighted by Crippen LogP contribution is 2.16. The number of imidazole rings is 1. The maximum Gasteiger partial charge on any atom is 0.362 e. The van der Waals surface area contributed by atoms with Crippen LogP contribution < -0.4 is 11.1 Å². The van der Waals surface area contributed by atoms with Crippen molar-refractivity contribution in [3.8, 4) is 0 Å². The van der Waals surface area contributed by atoms with Crippen LogP contribution in [0.2, 0.25) is 0 Å². The Morgan fingerprint density at radius 2 is 1.68 bits per heavy atom. The number of quaternary nitrogens is 1. The molecule has 0 aliphatic carbocycles. The number of nitrogens with zero attached hydrogens (tertiary/aromatic N) is 2. The summed E-state index contributed by atoms with van der Waals surface area (Å²) in [5.41, 5.74) is 2.54. The fraction of sp³-hybridized carbons (Fsp3) is 0.556. The second kappa shape index (κ2) is 11.2. The molecule has 0 aliphatic heterocycles. The second-order valence-corrected chi connectivity index (χ2v) is 9.79. The van der Waals surface area contributed by atoms with E-state index in [4.69, 9.17) is 10.8 Å². The molecule has 0 saturated carbocycles. The van der Waals surface area contributed by atoms with Crippen molar-refractivity contribution in [1.82, 2.24) is 15.3 Å². The third-order valence-electron chi connectivity index (χ3n) is 4.88. The Bertz CT molecular complexity index is 972. The lowest BCUT2D eigenvalue weighted by molar-refractivity contribution is -0.887. The van der Waals surface area contributed by atoms with Crippen LogP contribution in [0.5, 0.6) is 0 Å². The molecule has 0 spiro atoms. The minimum absolute atomic E-state index is 0.0351. The molecule has 1 aromatic rings. The van der Waals surface area contributed by atoms with Crippen LogP contribution in [0.1, 0.15) is 18.5 Å². The summed E-state index contributed by atoms with van der Waals surface area (Å²) in [7, 11) is 2.61. The summed E-state index contributed by atoms with van der Waals surface area (Å²) in [5, 5.41) is 38.7. The maximum absolute atomic E-state index is 12.8. The number of hydrogen-bond acceptors (Lipinski definition) is 8. The maximum atomic E-state index is 12.8. The van der Waals surface area contributed by atoms with Crippen molar-refractivity contribution in [2.75, 3.05) is 26.9 Å². The summed E-state index contributed by atoms with van der Waals surface area (Å²) in [6.07, 6.45) is 0.188. The average Bonchev–Trinajstić information content (AvgIpc) is 3.17. The molecule has 0 aliphatic rings. The minimum Gasteiger partial charge on any atom is -0.480 e. The van der Waals surface area contributed by atoms with Gasteiger partial charge in [0.25, 0.3) is 0 Å². The number of rotatable bonds is 14. The van der Waals surface area contributed by atoms with Gasteiger partial charge in [-0.15, -0.1) is 0 Å². The van der Waals surface area contributed by atoms with Gasteiger partial charge in [0.2, 0.25) is 11.4 Å². The topological polar surface area (TPSA) is 250 Å². The van der Waals surface area contributed by atoms with Crippen LogP contribution in [0.3, 0.4) is 0 Å². The predicted octanol–water partition coefficient (Wildman–Crippen LogP) is -2.56. The number of H-pyrrole nitrogens is 1. The number of carboxylic acid groups (broad SMARTS) is 4. The van der Waals surface area contributed by atoms with Gasteiger partial charge in [-0.1, -0.05) is 0 Å². The smallest absolute Gasteiger partial charge is 0.362 e. The summed E-state index contributed by atoms with van der Waals surface area (Å²) in [4.78, 5) is 64.5. The van der Waals surface area contributed by atoms with Gasteiger partial charge in [-0.25, -0.2) is 19.4 Å².